The van der Waals surface area contributed by atoms with Crippen LogP contribution in [0, 0.1) is 0 Å². The molecule has 0 aliphatic carbocycles. The van der Waals surface area contributed by atoms with Crippen LogP contribution in [-0.2, 0) is 4.74 Å². The van der Waals surface area contributed by atoms with Gasteiger partial charge in [0.05, 0.1) is 13.2 Å². The van der Waals surface area contributed by atoms with E-state index in [0.717, 1.165) is 19.6 Å². The van der Waals surface area contributed by atoms with Crippen molar-refractivity contribution in [3.05, 3.63) is 12.2 Å². The maximum Gasteiger partial charge on any atom is 0.0647 e. The quantitative estimate of drug-likeness (QED) is 0.401. The summed E-state index contributed by atoms with van der Waals surface area (Å²) in [5.41, 5.74) is 0. The largest absolute Gasteiger partial charge is 0.412 e. The molecule has 2 N–H and O–H groups in total. The van der Waals surface area contributed by atoms with Crippen molar-refractivity contribution in [3.8, 4) is 0 Å². The van der Waals surface area contributed by atoms with E-state index in [9.17, 15) is 0 Å². The van der Waals surface area contributed by atoms with Crippen LogP contribution in [0.2, 0.25) is 0 Å². The summed E-state index contributed by atoms with van der Waals surface area (Å²) in [6.07, 6.45) is 5.28. The molecule has 2 nitrogen and oxygen atoms in total. The number of ether oxygens (including phenoxy) is 1. The van der Waals surface area contributed by atoms with E-state index in [1.54, 1.807) is 0 Å². The van der Waals surface area contributed by atoms with Gasteiger partial charge in [-0.25, -0.2) is 0 Å². The first-order valence-corrected chi connectivity index (χ1v) is 2.23. The van der Waals surface area contributed by atoms with Crippen LogP contribution in [0.15, 0.2) is 12.2 Å². The van der Waals surface area contributed by atoms with E-state index in [1.807, 2.05) is 6.08 Å². The Morgan fingerprint density at radius 3 is 2.29 bits per heavy atom. The van der Waals surface area contributed by atoms with Crippen LogP contribution in [0.25, 0.3) is 0 Å². The summed E-state index contributed by atoms with van der Waals surface area (Å²) in [7, 11) is 0. The van der Waals surface area contributed by atoms with E-state index in [-0.39, 0.29) is 5.48 Å². The van der Waals surface area contributed by atoms with Crippen LogP contribution in [0.1, 0.15) is 6.42 Å². The van der Waals surface area contributed by atoms with Gasteiger partial charge in [0.1, 0.15) is 0 Å². The molecule has 42 valence electrons. The molecule has 0 amide bonds. The minimum absolute atomic E-state index is 0. The first-order chi connectivity index (χ1) is 3.00. The van der Waals surface area contributed by atoms with E-state index >= 15 is 0 Å². The fraction of sp³-hybridized carbons (Fsp3) is 0.600. The lowest BCUT2D eigenvalue weighted by molar-refractivity contribution is 0.158. The fourth-order valence-corrected chi connectivity index (χ4v) is 0.489. The SMILES string of the molecule is C1=CCOCC1.O. The van der Waals surface area contributed by atoms with Crippen molar-refractivity contribution in [1.82, 2.24) is 0 Å². The second kappa shape index (κ2) is 3.84. The van der Waals surface area contributed by atoms with Gasteiger partial charge in [-0.2, -0.15) is 0 Å². The maximum atomic E-state index is 4.98. The molecule has 7 heavy (non-hydrogen) atoms. The molecule has 0 saturated carbocycles. The summed E-state index contributed by atoms with van der Waals surface area (Å²) in [4.78, 5) is 0. The first kappa shape index (κ1) is 6.66. The highest BCUT2D eigenvalue weighted by atomic mass is 16.5. The Kier molecular flexibility index (Phi) is 3.65. The molecule has 1 aliphatic heterocycles. The van der Waals surface area contributed by atoms with Crippen LogP contribution in [-0.4, -0.2) is 18.7 Å². The van der Waals surface area contributed by atoms with Gasteiger partial charge in [0.2, 0.25) is 0 Å². The van der Waals surface area contributed by atoms with Crippen molar-refractivity contribution in [3.63, 3.8) is 0 Å². The first-order valence-electron chi connectivity index (χ1n) is 2.23. The minimum Gasteiger partial charge on any atom is -0.412 e. The third-order valence-electron chi connectivity index (χ3n) is 0.810. The smallest absolute Gasteiger partial charge is 0.0647 e. The lowest BCUT2D eigenvalue weighted by Gasteiger charge is -2.00. The van der Waals surface area contributed by atoms with Gasteiger partial charge < -0.3 is 10.2 Å². The van der Waals surface area contributed by atoms with Crippen molar-refractivity contribution >= 4 is 0 Å². The van der Waals surface area contributed by atoms with Gasteiger partial charge in [-0.3, -0.25) is 0 Å². The average molecular weight is 102 g/mol. The van der Waals surface area contributed by atoms with Crippen molar-refractivity contribution < 1.29 is 10.2 Å². The zero-order valence-electron chi connectivity index (χ0n) is 4.18. The lowest BCUT2D eigenvalue weighted by atomic mass is 10.3. The molecule has 0 aromatic carbocycles. The van der Waals surface area contributed by atoms with E-state index in [1.165, 1.54) is 0 Å². The molecule has 1 heterocycles. The highest BCUT2D eigenvalue weighted by Crippen LogP contribution is 1.91. The fourth-order valence-electron chi connectivity index (χ4n) is 0.489. The summed E-state index contributed by atoms with van der Waals surface area (Å²) < 4.78 is 4.98. The third-order valence-corrected chi connectivity index (χ3v) is 0.810. The second-order valence-corrected chi connectivity index (χ2v) is 1.33. The number of hydrogen-bond acceptors (Lipinski definition) is 1. The van der Waals surface area contributed by atoms with E-state index in [0.29, 0.717) is 0 Å². The third kappa shape index (κ3) is 2.37. The maximum absolute atomic E-state index is 4.98. The Hall–Kier alpha value is -0.340. The zero-order valence-corrected chi connectivity index (χ0v) is 4.18. The Bertz CT molecular complexity index is 51.1. The van der Waals surface area contributed by atoms with Crippen molar-refractivity contribution in [1.29, 1.82) is 0 Å². The van der Waals surface area contributed by atoms with Gasteiger partial charge >= 0.3 is 0 Å². The summed E-state index contributed by atoms with van der Waals surface area (Å²) in [6, 6.07) is 0. The van der Waals surface area contributed by atoms with Gasteiger partial charge in [-0.05, 0) is 6.42 Å². The van der Waals surface area contributed by atoms with Crippen molar-refractivity contribution in [2.45, 2.75) is 6.42 Å². The molecule has 0 aromatic heterocycles. The molecule has 0 radical (unpaired) electrons. The summed E-state index contributed by atoms with van der Waals surface area (Å²) in [5, 5.41) is 0. The number of hydrogen-bond donors (Lipinski definition) is 0. The Labute approximate surface area is 43.1 Å². The van der Waals surface area contributed by atoms with Crippen LogP contribution < -0.4 is 0 Å². The molecule has 0 fully saturated rings. The zero-order chi connectivity index (χ0) is 4.24. The minimum atomic E-state index is 0. The molecule has 0 bridgehead atoms. The lowest BCUT2D eigenvalue weighted by Crippen LogP contribution is -1.96. The predicted octanol–water partition coefficient (Wildman–Crippen LogP) is 0.138. The average Bonchev–Trinajstić information content (AvgIpc) is 1.72. The van der Waals surface area contributed by atoms with Gasteiger partial charge in [0, 0.05) is 0 Å². The normalized spacial score (nSPS) is 18.3. The summed E-state index contributed by atoms with van der Waals surface area (Å²) in [5.74, 6) is 0. The van der Waals surface area contributed by atoms with Gasteiger partial charge in [0.15, 0.2) is 0 Å². The summed E-state index contributed by atoms with van der Waals surface area (Å²) in [6.45, 7) is 1.73. The van der Waals surface area contributed by atoms with E-state index < -0.39 is 0 Å². The van der Waals surface area contributed by atoms with Crippen LogP contribution >= 0.6 is 0 Å². The molecule has 0 spiro atoms. The van der Waals surface area contributed by atoms with Crippen LogP contribution in [0.5, 0.6) is 0 Å². The molecule has 0 atom stereocenters. The molecule has 1 aliphatic rings. The monoisotopic (exact) mass is 102 g/mol. The standard InChI is InChI=1S/C5H8O.H2O/c1-2-4-6-5-3-1;/h1-2H,3-5H2;1H2. The highest BCUT2D eigenvalue weighted by Gasteiger charge is 1.85. The summed E-state index contributed by atoms with van der Waals surface area (Å²) >= 11 is 0. The second-order valence-electron chi connectivity index (χ2n) is 1.33. The van der Waals surface area contributed by atoms with Gasteiger partial charge in [-0.1, -0.05) is 12.2 Å². The van der Waals surface area contributed by atoms with Gasteiger partial charge in [0.25, 0.3) is 0 Å². The molecule has 2 heteroatoms. The van der Waals surface area contributed by atoms with Crippen molar-refractivity contribution in [2.75, 3.05) is 13.2 Å². The van der Waals surface area contributed by atoms with E-state index in [4.69, 9.17) is 4.74 Å². The Morgan fingerprint density at radius 2 is 2.14 bits per heavy atom. The highest BCUT2D eigenvalue weighted by molar-refractivity contribution is 4.84. The van der Waals surface area contributed by atoms with Crippen molar-refractivity contribution in [2.24, 2.45) is 0 Å². The Balaban J connectivity index is 0.000000360. The molecular formula is C5H10O2. The molecular weight excluding hydrogens is 92.1 g/mol. The Morgan fingerprint density at radius 1 is 1.29 bits per heavy atom. The van der Waals surface area contributed by atoms with Crippen LogP contribution in [0.3, 0.4) is 0 Å². The molecule has 0 aromatic rings. The predicted molar refractivity (Wildman–Crippen MR) is 28.2 cm³/mol. The van der Waals surface area contributed by atoms with Gasteiger partial charge in [-0.15, -0.1) is 0 Å². The molecule has 0 unspecified atom stereocenters. The molecule has 1 rings (SSSR count). The molecule has 0 saturated heterocycles. The topological polar surface area (TPSA) is 40.7 Å². The van der Waals surface area contributed by atoms with E-state index in [2.05, 4.69) is 6.08 Å². The van der Waals surface area contributed by atoms with Crippen LogP contribution in [0.4, 0.5) is 0 Å². The number of rotatable bonds is 0.